The number of hydrogen-bond acceptors (Lipinski definition) is 5. The van der Waals surface area contributed by atoms with Crippen molar-refractivity contribution >= 4 is 5.97 Å². The van der Waals surface area contributed by atoms with Gasteiger partial charge in [-0.15, -0.1) is 5.10 Å². The smallest absolute Gasteiger partial charge is 0.361 e. The third-order valence-electron chi connectivity index (χ3n) is 2.69. The summed E-state index contributed by atoms with van der Waals surface area (Å²) in [7, 11) is 0. The lowest BCUT2D eigenvalue weighted by Gasteiger charge is -2.05. The average Bonchev–Trinajstić information content (AvgIpc) is 2.98. The molecule has 0 amide bonds. The molecule has 1 aromatic carbocycles. The molecule has 2 aromatic rings. The highest BCUT2D eigenvalue weighted by Crippen LogP contribution is 2.23. The van der Waals surface area contributed by atoms with Crippen molar-refractivity contribution in [3.8, 4) is 17.0 Å². The van der Waals surface area contributed by atoms with Crippen LogP contribution in [0.5, 0.6) is 5.75 Å². The van der Waals surface area contributed by atoms with Crippen LogP contribution in [0.2, 0.25) is 0 Å². The van der Waals surface area contributed by atoms with Gasteiger partial charge in [0.15, 0.2) is 5.69 Å². The van der Waals surface area contributed by atoms with E-state index in [2.05, 4.69) is 15.4 Å². The molecule has 0 spiro atoms. The molecule has 1 heterocycles. The highest BCUT2D eigenvalue weighted by atomic mass is 19.1. The van der Waals surface area contributed by atoms with Gasteiger partial charge in [0.1, 0.15) is 11.4 Å². The minimum atomic E-state index is -0.524. The highest BCUT2D eigenvalue weighted by Gasteiger charge is 2.18. The molecular weight excluding hydrogens is 277 g/mol. The number of esters is 1. The van der Waals surface area contributed by atoms with E-state index in [1.807, 2.05) is 0 Å². The number of carbonyl (C=O) groups is 1. The van der Waals surface area contributed by atoms with Gasteiger partial charge in [0.25, 0.3) is 0 Å². The maximum absolute atomic E-state index is 12.0. The maximum Gasteiger partial charge on any atom is 0.361 e. The quantitative estimate of drug-likeness (QED) is 0.626. The van der Waals surface area contributed by atoms with E-state index in [0.717, 1.165) is 0 Å². The summed E-state index contributed by atoms with van der Waals surface area (Å²) in [5.41, 5.74) is 1.27. The Kier molecular flexibility index (Phi) is 5.25. The second-order valence-electron chi connectivity index (χ2n) is 4.16. The third kappa shape index (κ3) is 3.77. The first-order valence-corrected chi connectivity index (χ1v) is 6.63. The first kappa shape index (κ1) is 15.0. The lowest BCUT2D eigenvalue weighted by molar-refractivity contribution is 0.0520. The van der Waals surface area contributed by atoms with Gasteiger partial charge < -0.3 is 9.47 Å². The number of hydrogen-bond donors (Lipinski definition) is 1. The van der Waals surface area contributed by atoms with E-state index < -0.39 is 12.6 Å². The van der Waals surface area contributed by atoms with E-state index in [-0.39, 0.29) is 12.3 Å². The first-order chi connectivity index (χ1) is 10.3. The fourth-order valence-electron chi connectivity index (χ4n) is 1.73. The van der Waals surface area contributed by atoms with Gasteiger partial charge in [0, 0.05) is 12.0 Å². The Balaban J connectivity index is 2.12. The number of H-pyrrole nitrogens is 1. The lowest BCUT2D eigenvalue weighted by atomic mass is 10.1. The fraction of sp³-hybridized carbons (Fsp3) is 0.357. The summed E-state index contributed by atoms with van der Waals surface area (Å²) >= 11 is 0. The Labute approximate surface area is 121 Å². The SMILES string of the molecule is CCOC(=O)c1n[nH]nc1-c1ccc(OCCCF)cc1. The Morgan fingerprint density at radius 1 is 1.29 bits per heavy atom. The molecule has 0 unspecified atom stereocenters. The summed E-state index contributed by atoms with van der Waals surface area (Å²) in [5.74, 6) is 0.109. The van der Waals surface area contributed by atoms with Crippen LogP contribution in [-0.4, -0.2) is 41.3 Å². The standard InChI is InChI=1S/C14H16FN3O3/c1-2-20-14(19)13-12(16-18-17-13)10-4-6-11(7-5-10)21-9-3-8-15/h4-7H,2-3,8-9H2,1H3,(H,16,17,18). The van der Waals surface area contributed by atoms with Crippen molar-refractivity contribution in [3.63, 3.8) is 0 Å². The molecule has 7 heteroatoms. The summed E-state index contributed by atoms with van der Waals surface area (Å²) in [6.45, 7) is 1.92. The fourth-order valence-corrected chi connectivity index (χ4v) is 1.73. The van der Waals surface area contributed by atoms with Crippen LogP contribution >= 0.6 is 0 Å². The normalized spacial score (nSPS) is 10.4. The predicted octanol–water partition coefficient (Wildman–Crippen LogP) is 2.39. The second kappa shape index (κ2) is 7.37. The van der Waals surface area contributed by atoms with Crippen LogP contribution in [0.15, 0.2) is 24.3 Å². The molecule has 1 aromatic heterocycles. The first-order valence-electron chi connectivity index (χ1n) is 6.63. The molecule has 0 bridgehead atoms. The molecule has 6 nitrogen and oxygen atoms in total. The van der Waals surface area contributed by atoms with Gasteiger partial charge in [-0.1, -0.05) is 0 Å². The van der Waals surface area contributed by atoms with Crippen LogP contribution < -0.4 is 4.74 Å². The molecule has 0 aliphatic carbocycles. The zero-order chi connectivity index (χ0) is 15.1. The van der Waals surface area contributed by atoms with Crippen LogP contribution in [0, 0.1) is 0 Å². The number of ether oxygens (including phenoxy) is 2. The maximum atomic E-state index is 12.0. The van der Waals surface area contributed by atoms with Crippen LogP contribution in [0.25, 0.3) is 11.3 Å². The van der Waals surface area contributed by atoms with E-state index in [9.17, 15) is 9.18 Å². The number of nitrogens with zero attached hydrogens (tertiary/aromatic N) is 2. The zero-order valence-electron chi connectivity index (χ0n) is 11.6. The molecule has 21 heavy (non-hydrogen) atoms. The molecule has 0 saturated carbocycles. The minimum absolute atomic E-state index is 0.142. The van der Waals surface area contributed by atoms with Crippen LogP contribution in [-0.2, 0) is 4.74 Å². The number of aromatic nitrogens is 3. The van der Waals surface area contributed by atoms with E-state index in [0.29, 0.717) is 30.0 Å². The van der Waals surface area contributed by atoms with Crippen LogP contribution in [0.4, 0.5) is 4.39 Å². The Bertz CT molecular complexity index is 583. The molecule has 2 rings (SSSR count). The van der Waals surface area contributed by atoms with Crippen molar-refractivity contribution in [2.24, 2.45) is 0 Å². The van der Waals surface area contributed by atoms with Crippen molar-refractivity contribution in [3.05, 3.63) is 30.0 Å². The van der Waals surface area contributed by atoms with Gasteiger partial charge in [-0.3, -0.25) is 4.39 Å². The number of aromatic amines is 1. The van der Waals surface area contributed by atoms with Gasteiger partial charge in [0.2, 0.25) is 0 Å². The minimum Gasteiger partial charge on any atom is -0.493 e. The van der Waals surface area contributed by atoms with E-state index in [4.69, 9.17) is 9.47 Å². The van der Waals surface area contributed by atoms with Gasteiger partial charge in [-0.05, 0) is 31.2 Å². The molecule has 112 valence electrons. The van der Waals surface area contributed by atoms with Gasteiger partial charge in [0.05, 0.1) is 19.9 Å². The van der Waals surface area contributed by atoms with Gasteiger partial charge in [-0.25, -0.2) is 4.79 Å². The van der Waals surface area contributed by atoms with Crippen LogP contribution in [0.3, 0.4) is 0 Å². The summed E-state index contributed by atoms with van der Waals surface area (Å²) in [4.78, 5) is 11.7. The highest BCUT2D eigenvalue weighted by molar-refractivity contribution is 5.93. The second-order valence-corrected chi connectivity index (χ2v) is 4.16. The van der Waals surface area contributed by atoms with E-state index in [1.165, 1.54) is 0 Å². The number of nitrogens with one attached hydrogen (secondary N) is 1. The Morgan fingerprint density at radius 2 is 2.05 bits per heavy atom. The molecule has 1 N–H and O–H groups in total. The van der Waals surface area contributed by atoms with Gasteiger partial charge >= 0.3 is 5.97 Å². The van der Waals surface area contributed by atoms with Crippen molar-refractivity contribution < 1.29 is 18.7 Å². The summed E-state index contributed by atoms with van der Waals surface area (Å²) in [6, 6.07) is 6.98. The number of alkyl halides is 1. The number of benzene rings is 1. The third-order valence-corrected chi connectivity index (χ3v) is 2.69. The topological polar surface area (TPSA) is 77.1 Å². The van der Waals surface area contributed by atoms with Gasteiger partial charge in [-0.2, -0.15) is 10.3 Å². The Hall–Kier alpha value is -2.44. The van der Waals surface area contributed by atoms with Crippen molar-refractivity contribution in [1.29, 1.82) is 0 Å². The molecule has 0 atom stereocenters. The average molecular weight is 293 g/mol. The monoisotopic (exact) mass is 293 g/mol. The van der Waals surface area contributed by atoms with Crippen LogP contribution in [0.1, 0.15) is 23.8 Å². The lowest BCUT2D eigenvalue weighted by Crippen LogP contribution is -2.06. The molecule has 0 radical (unpaired) electrons. The molecule has 0 saturated heterocycles. The molecule has 0 aliphatic rings. The van der Waals surface area contributed by atoms with Crippen molar-refractivity contribution in [2.75, 3.05) is 19.9 Å². The summed E-state index contributed by atoms with van der Waals surface area (Å²) in [6.07, 6.45) is 0.359. The predicted molar refractivity (Wildman–Crippen MR) is 73.9 cm³/mol. The zero-order valence-corrected chi connectivity index (χ0v) is 11.6. The van der Waals surface area contributed by atoms with Crippen molar-refractivity contribution in [2.45, 2.75) is 13.3 Å². The largest absolute Gasteiger partial charge is 0.493 e. The molecule has 0 aliphatic heterocycles. The Morgan fingerprint density at radius 3 is 2.71 bits per heavy atom. The van der Waals surface area contributed by atoms with E-state index in [1.54, 1.807) is 31.2 Å². The van der Waals surface area contributed by atoms with Crippen molar-refractivity contribution in [1.82, 2.24) is 15.4 Å². The molecular formula is C14H16FN3O3. The number of carbonyl (C=O) groups excluding carboxylic acids is 1. The number of halogens is 1. The molecule has 0 fully saturated rings. The summed E-state index contributed by atoms with van der Waals surface area (Å²) < 4.78 is 22.3. The van der Waals surface area contributed by atoms with E-state index >= 15 is 0 Å². The summed E-state index contributed by atoms with van der Waals surface area (Å²) in [5, 5.41) is 10.2. The number of rotatable bonds is 7.